The van der Waals surface area contributed by atoms with Crippen molar-refractivity contribution in [2.45, 2.75) is 31.3 Å². The quantitative estimate of drug-likeness (QED) is 0.521. The summed E-state index contributed by atoms with van der Waals surface area (Å²) in [4.78, 5) is 20.8. The van der Waals surface area contributed by atoms with Gasteiger partial charge in [-0.2, -0.15) is 0 Å². The summed E-state index contributed by atoms with van der Waals surface area (Å²) in [6, 6.07) is 14.0. The van der Waals surface area contributed by atoms with Crippen molar-refractivity contribution >= 4 is 34.1 Å². The SMILES string of the molecule is CCSc1ccccc1C(=O)Nc1nc(CN2CCc3cc(OC)ccc3C2)cs1. The average molecular weight is 440 g/mol. The average Bonchev–Trinajstić information content (AvgIpc) is 3.20. The number of carbonyl (C=O) groups is 1. The van der Waals surface area contributed by atoms with Crippen molar-refractivity contribution in [2.75, 3.05) is 24.7 Å². The lowest BCUT2D eigenvalue weighted by Gasteiger charge is -2.28. The Hall–Kier alpha value is -2.35. The van der Waals surface area contributed by atoms with Crippen LogP contribution in [0.2, 0.25) is 0 Å². The maximum atomic E-state index is 12.7. The zero-order chi connectivity index (χ0) is 20.9. The second-order valence-corrected chi connectivity index (χ2v) is 9.29. The van der Waals surface area contributed by atoms with Crippen molar-refractivity contribution in [1.29, 1.82) is 0 Å². The molecule has 4 rings (SSSR count). The highest BCUT2D eigenvalue weighted by Gasteiger charge is 2.19. The number of carbonyl (C=O) groups excluding carboxylic acids is 1. The Morgan fingerprint density at radius 1 is 1.27 bits per heavy atom. The standard InChI is InChI=1S/C23H25N3O2S2/c1-3-29-21-7-5-4-6-20(21)22(27)25-23-24-18(15-30-23)14-26-11-10-16-12-19(28-2)9-8-17(16)13-26/h4-9,12,15H,3,10-11,13-14H2,1-2H3,(H,24,25,27). The molecule has 1 amide bonds. The highest BCUT2D eigenvalue weighted by Crippen LogP contribution is 2.27. The van der Waals surface area contributed by atoms with Gasteiger partial charge >= 0.3 is 0 Å². The number of fused-ring (bicyclic) bond motifs is 1. The van der Waals surface area contributed by atoms with Crippen LogP contribution in [0.25, 0.3) is 0 Å². The maximum Gasteiger partial charge on any atom is 0.258 e. The minimum Gasteiger partial charge on any atom is -0.497 e. The molecule has 30 heavy (non-hydrogen) atoms. The number of nitrogens with zero attached hydrogens (tertiary/aromatic N) is 2. The first-order valence-electron chi connectivity index (χ1n) is 10.0. The van der Waals surface area contributed by atoms with Crippen LogP contribution >= 0.6 is 23.1 Å². The van der Waals surface area contributed by atoms with Gasteiger partial charge in [0.15, 0.2) is 5.13 Å². The fraction of sp³-hybridized carbons (Fsp3) is 0.304. The third kappa shape index (κ3) is 4.86. The van der Waals surface area contributed by atoms with Crippen molar-refractivity contribution in [1.82, 2.24) is 9.88 Å². The Balaban J connectivity index is 1.38. The Labute approximate surface area is 185 Å². The van der Waals surface area contributed by atoms with E-state index in [4.69, 9.17) is 4.74 Å². The third-order valence-electron chi connectivity index (χ3n) is 5.09. The Kier molecular flexibility index (Phi) is 6.72. The number of ether oxygens (including phenoxy) is 1. The number of thioether (sulfide) groups is 1. The van der Waals surface area contributed by atoms with Crippen LogP contribution in [0.15, 0.2) is 52.7 Å². The number of anilines is 1. The molecule has 1 N–H and O–H groups in total. The molecule has 156 valence electrons. The summed E-state index contributed by atoms with van der Waals surface area (Å²) < 4.78 is 5.33. The van der Waals surface area contributed by atoms with Crippen LogP contribution in [0, 0.1) is 0 Å². The summed E-state index contributed by atoms with van der Waals surface area (Å²) in [5.74, 6) is 1.74. The molecule has 0 saturated heterocycles. The molecule has 2 aromatic carbocycles. The molecule has 3 aromatic rings. The van der Waals surface area contributed by atoms with Gasteiger partial charge in [-0.05, 0) is 47.6 Å². The molecule has 0 saturated carbocycles. The summed E-state index contributed by atoms with van der Waals surface area (Å²) in [7, 11) is 1.71. The van der Waals surface area contributed by atoms with Gasteiger partial charge < -0.3 is 4.74 Å². The van der Waals surface area contributed by atoms with Crippen LogP contribution in [-0.4, -0.2) is 35.2 Å². The fourth-order valence-corrected chi connectivity index (χ4v) is 5.11. The van der Waals surface area contributed by atoms with Crippen LogP contribution in [0.3, 0.4) is 0 Å². The molecule has 0 aliphatic carbocycles. The van der Waals surface area contributed by atoms with Gasteiger partial charge in [0, 0.05) is 29.9 Å². The summed E-state index contributed by atoms with van der Waals surface area (Å²) in [5.41, 5.74) is 4.39. The second kappa shape index (κ2) is 9.64. The summed E-state index contributed by atoms with van der Waals surface area (Å²) in [6.07, 6.45) is 1.01. The molecule has 1 aliphatic heterocycles. The highest BCUT2D eigenvalue weighted by molar-refractivity contribution is 7.99. The van der Waals surface area contributed by atoms with E-state index in [1.54, 1.807) is 18.9 Å². The molecule has 1 aromatic heterocycles. The van der Waals surface area contributed by atoms with E-state index in [0.29, 0.717) is 10.7 Å². The van der Waals surface area contributed by atoms with Crippen LogP contribution in [0.5, 0.6) is 5.75 Å². The molecule has 7 heteroatoms. The molecule has 0 atom stereocenters. The van der Waals surface area contributed by atoms with Crippen LogP contribution < -0.4 is 10.1 Å². The van der Waals surface area contributed by atoms with Gasteiger partial charge in [-0.1, -0.05) is 25.1 Å². The van der Waals surface area contributed by atoms with Gasteiger partial charge in [0.2, 0.25) is 0 Å². The lowest BCUT2D eigenvalue weighted by atomic mass is 9.99. The predicted octanol–water partition coefficient (Wildman–Crippen LogP) is 5.07. The smallest absolute Gasteiger partial charge is 0.258 e. The molecular formula is C23H25N3O2S2. The number of methoxy groups -OCH3 is 1. The monoisotopic (exact) mass is 439 g/mol. The summed E-state index contributed by atoms with van der Waals surface area (Å²) in [5, 5.41) is 5.65. The number of aromatic nitrogens is 1. The van der Waals surface area contributed by atoms with Crippen molar-refractivity contribution in [2.24, 2.45) is 0 Å². The zero-order valence-electron chi connectivity index (χ0n) is 17.2. The van der Waals surface area contributed by atoms with E-state index in [1.165, 1.54) is 22.5 Å². The maximum absolute atomic E-state index is 12.7. The van der Waals surface area contributed by atoms with Crippen molar-refractivity contribution < 1.29 is 9.53 Å². The number of hydrogen-bond acceptors (Lipinski definition) is 6. The van der Waals surface area contributed by atoms with E-state index in [1.807, 2.05) is 35.7 Å². The number of thiazole rings is 1. The van der Waals surface area contributed by atoms with E-state index in [2.05, 4.69) is 34.3 Å². The summed E-state index contributed by atoms with van der Waals surface area (Å²) >= 11 is 3.15. The predicted molar refractivity (Wildman–Crippen MR) is 124 cm³/mol. The topological polar surface area (TPSA) is 54.5 Å². The molecule has 0 spiro atoms. The van der Waals surface area contributed by atoms with E-state index >= 15 is 0 Å². The molecule has 5 nitrogen and oxygen atoms in total. The largest absolute Gasteiger partial charge is 0.497 e. The van der Waals surface area contributed by atoms with E-state index in [-0.39, 0.29) is 5.91 Å². The van der Waals surface area contributed by atoms with Crippen molar-refractivity contribution in [3.8, 4) is 5.75 Å². The van der Waals surface area contributed by atoms with Crippen LogP contribution in [-0.2, 0) is 19.5 Å². The van der Waals surface area contributed by atoms with Crippen LogP contribution in [0.1, 0.15) is 34.1 Å². The number of benzene rings is 2. The Bertz CT molecular complexity index is 1030. The molecule has 0 unspecified atom stereocenters. The minimum atomic E-state index is -0.103. The van der Waals surface area contributed by atoms with Gasteiger partial charge in [-0.25, -0.2) is 4.98 Å². The lowest BCUT2D eigenvalue weighted by molar-refractivity contribution is 0.102. The number of nitrogens with one attached hydrogen (secondary N) is 1. The first-order chi connectivity index (χ1) is 14.7. The minimum absolute atomic E-state index is 0.103. The van der Waals surface area contributed by atoms with Gasteiger partial charge in [0.1, 0.15) is 5.75 Å². The number of rotatable bonds is 7. The first-order valence-corrected chi connectivity index (χ1v) is 11.9. The van der Waals surface area contributed by atoms with Gasteiger partial charge in [-0.3, -0.25) is 15.0 Å². The molecule has 0 bridgehead atoms. The molecule has 0 radical (unpaired) electrons. The zero-order valence-corrected chi connectivity index (χ0v) is 18.8. The van der Waals surface area contributed by atoms with Crippen LogP contribution in [0.4, 0.5) is 5.13 Å². The first kappa shape index (κ1) is 20.9. The van der Waals surface area contributed by atoms with Gasteiger partial charge in [0.05, 0.1) is 18.4 Å². The number of hydrogen-bond donors (Lipinski definition) is 1. The fourth-order valence-electron chi connectivity index (χ4n) is 3.62. The lowest BCUT2D eigenvalue weighted by Crippen LogP contribution is -2.30. The van der Waals surface area contributed by atoms with Crippen molar-refractivity contribution in [3.63, 3.8) is 0 Å². The summed E-state index contributed by atoms with van der Waals surface area (Å²) in [6.45, 7) is 4.75. The normalized spacial score (nSPS) is 13.7. The molecular weight excluding hydrogens is 414 g/mol. The molecule has 2 heterocycles. The number of amides is 1. The van der Waals surface area contributed by atoms with Crippen molar-refractivity contribution in [3.05, 3.63) is 70.2 Å². The van der Waals surface area contributed by atoms with Gasteiger partial charge in [0.25, 0.3) is 5.91 Å². The Morgan fingerprint density at radius 3 is 2.97 bits per heavy atom. The third-order valence-corrected chi connectivity index (χ3v) is 6.86. The van der Waals surface area contributed by atoms with E-state index in [9.17, 15) is 4.79 Å². The molecule has 1 aliphatic rings. The second-order valence-electron chi connectivity index (χ2n) is 7.12. The highest BCUT2D eigenvalue weighted by atomic mass is 32.2. The molecule has 0 fully saturated rings. The van der Waals surface area contributed by atoms with E-state index in [0.717, 1.165) is 48.1 Å². The van der Waals surface area contributed by atoms with E-state index < -0.39 is 0 Å². The Morgan fingerprint density at radius 2 is 2.13 bits per heavy atom. The van der Waals surface area contributed by atoms with Gasteiger partial charge in [-0.15, -0.1) is 23.1 Å².